The van der Waals surface area contributed by atoms with Crippen molar-refractivity contribution in [3.63, 3.8) is 0 Å². The molecule has 1 aliphatic heterocycles. The first kappa shape index (κ1) is 20.9. The largest absolute Gasteiger partial charge is 0.490 e. The molecule has 1 aromatic carbocycles. The van der Waals surface area contributed by atoms with Gasteiger partial charge in [0.05, 0.1) is 19.3 Å². The molecule has 2 atom stereocenters. The van der Waals surface area contributed by atoms with E-state index in [1.165, 1.54) is 5.56 Å². The maximum atomic E-state index is 13.3. The van der Waals surface area contributed by atoms with Gasteiger partial charge in [0.15, 0.2) is 11.5 Å². The van der Waals surface area contributed by atoms with Crippen LogP contribution in [0.4, 0.5) is 0 Å². The zero-order valence-electron chi connectivity index (χ0n) is 17.8. The highest BCUT2D eigenvalue weighted by atomic mass is 16.5. The second-order valence-corrected chi connectivity index (χ2v) is 8.25. The summed E-state index contributed by atoms with van der Waals surface area (Å²) in [6.45, 7) is 13.0. The molecule has 0 radical (unpaired) electrons. The van der Waals surface area contributed by atoms with Crippen LogP contribution in [0.1, 0.15) is 52.2 Å². The van der Waals surface area contributed by atoms with E-state index < -0.39 is 5.54 Å². The number of benzene rings is 1. The molecular formula is C22H34N2O4. The smallest absolute Gasteiger partial charge is 0.243 e. The van der Waals surface area contributed by atoms with Crippen LogP contribution >= 0.6 is 0 Å². The molecular weight excluding hydrogens is 356 g/mol. The van der Waals surface area contributed by atoms with Crippen LogP contribution in [0.15, 0.2) is 12.1 Å². The molecule has 0 bridgehead atoms. The van der Waals surface area contributed by atoms with Gasteiger partial charge in [0, 0.05) is 31.5 Å². The van der Waals surface area contributed by atoms with Gasteiger partial charge in [0.25, 0.3) is 0 Å². The van der Waals surface area contributed by atoms with Gasteiger partial charge in [-0.25, -0.2) is 0 Å². The Morgan fingerprint density at radius 3 is 2.25 bits per heavy atom. The lowest BCUT2D eigenvalue weighted by Gasteiger charge is -2.58. The van der Waals surface area contributed by atoms with Crippen molar-refractivity contribution in [2.24, 2.45) is 11.1 Å². The van der Waals surface area contributed by atoms with E-state index in [0.717, 1.165) is 23.5 Å². The summed E-state index contributed by atoms with van der Waals surface area (Å²) in [6, 6.07) is 4.07. The first-order chi connectivity index (χ1) is 13.3. The molecule has 3 rings (SSSR count). The summed E-state index contributed by atoms with van der Waals surface area (Å²) in [4.78, 5) is 15.2. The number of nitrogens with two attached hydrogens (primary N) is 1. The quantitative estimate of drug-likeness (QED) is 0.775. The topological polar surface area (TPSA) is 74.0 Å². The van der Waals surface area contributed by atoms with Gasteiger partial charge in [0.1, 0.15) is 5.54 Å². The fourth-order valence-corrected chi connectivity index (χ4v) is 4.35. The van der Waals surface area contributed by atoms with Crippen LogP contribution in [0.3, 0.4) is 0 Å². The lowest BCUT2D eigenvalue weighted by Crippen LogP contribution is -2.76. The van der Waals surface area contributed by atoms with E-state index in [9.17, 15) is 4.79 Å². The van der Waals surface area contributed by atoms with Crippen molar-refractivity contribution in [2.45, 2.75) is 65.6 Å². The Morgan fingerprint density at radius 1 is 1.11 bits per heavy atom. The minimum Gasteiger partial charge on any atom is -0.490 e. The van der Waals surface area contributed by atoms with E-state index in [0.29, 0.717) is 39.3 Å². The van der Waals surface area contributed by atoms with Crippen molar-refractivity contribution < 1.29 is 19.0 Å². The average Bonchev–Trinajstić information content (AvgIpc) is 2.67. The van der Waals surface area contributed by atoms with E-state index in [2.05, 4.69) is 6.07 Å². The third kappa shape index (κ3) is 3.37. The number of fused-ring (bicyclic) bond motifs is 1. The van der Waals surface area contributed by atoms with Gasteiger partial charge >= 0.3 is 0 Å². The number of carbonyl (C=O) groups excluding carboxylic acids is 1. The zero-order valence-corrected chi connectivity index (χ0v) is 17.8. The number of nitrogens with zero attached hydrogens (tertiary/aromatic N) is 1. The SMILES string of the molecule is CCOc1cc2c(cc1OCC)CN(C(=O)C1(N)CC(OCC)C1(C)C)CC2. The average molecular weight is 391 g/mol. The van der Waals surface area contributed by atoms with Crippen molar-refractivity contribution >= 4 is 5.91 Å². The second kappa shape index (κ2) is 7.91. The maximum absolute atomic E-state index is 13.3. The maximum Gasteiger partial charge on any atom is 0.243 e. The van der Waals surface area contributed by atoms with Crippen molar-refractivity contribution in [1.82, 2.24) is 4.90 Å². The van der Waals surface area contributed by atoms with E-state index in [-0.39, 0.29) is 17.4 Å². The zero-order chi connectivity index (χ0) is 20.5. The molecule has 1 amide bonds. The number of hydrogen-bond donors (Lipinski definition) is 1. The molecule has 1 saturated carbocycles. The molecule has 0 saturated heterocycles. The van der Waals surface area contributed by atoms with Crippen LogP contribution in [0.25, 0.3) is 0 Å². The molecule has 28 heavy (non-hydrogen) atoms. The van der Waals surface area contributed by atoms with Crippen LogP contribution in [0, 0.1) is 5.41 Å². The normalized spacial score (nSPS) is 25.6. The van der Waals surface area contributed by atoms with E-state index in [1.807, 2.05) is 45.6 Å². The van der Waals surface area contributed by atoms with Crippen molar-refractivity contribution in [3.8, 4) is 11.5 Å². The molecule has 0 aromatic heterocycles. The lowest BCUT2D eigenvalue weighted by molar-refractivity contribution is -0.180. The molecule has 1 aliphatic carbocycles. The molecule has 1 fully saturated rings. The van der Waals surface area contributed by atoms with Crippen LogP contribution in [-0.4, -0.2) is 48.8 Å². The molecule has 156 valence electrons. The lowest BCUT2D eigenvalue weighted by atomic mass is 9.54. The van der Waals surface area contributed by atoms with Gasteiger partial charge in [-0.3, -0.25) is 4.79 Å². The molecule has 6 nitrogen and oxygen atoms in total. The summed E-state index contributed by atoms with van der Waals surface area (Å²) in [5.74, 6) is 1.53. The molecule has 2 aliphatic rings. The Hall–Kier alpha value is -1.79. The molecule has 1 aromatic rings. The van der Waals surface area contributed by atoms with E-state index in [1.54, 1.807) is 0 Å². The van der Waals surface area contributed by atoms with Gasteiger partial charge < -0.3 is 24.8 Å². The number of amides is 1. The molecule has 2 unspecified atom stereocenters. The van der Waals surface area contributed by atoms with Crippen molar-refractivity contribution in [1.29, 1.82) is 0 Å². The Balaban J connectivity index is 1.79. The minimum atomic E-state index is -0.877. The van der Waals surface area contributed by atoms with E-state index in [4.69, 9.17) is 19.9 Å². The monoisotopic (exact) mass is 390 g/mol. The Bertz CT molecular complexity index is 733. The van der Waals surface area contributed by atoms with Crippen LogP contribution < -0.4 is 15.2 Å². The van der Waals surface area contributed by atoms with E-state index >= 15 is 0 Å². The van der Waals surface area contributed by atoms with Gasteiger partial charge in [-0.2, -0.15) is 0 Å². The predicted molar refractivity (Wildman–Crippen MR) is 109 cm³/mol. The summed E-state index contributed by atoms with van der Waals surface area (Å²) >= 11 is 0. The highest BCUT2D eigenvalue weighted by Gasteiger charge is 2.63. The van der Waals surface area contributed by atoms with Crippen LogP contribution in [0.5, 0.6) is 11.5 Å². The van der Waals surface area contributed by atoms with Crippen LogP contribution in [-0.2, 0) is 22.5 Å². The first-order valence-electron chi connectivity index (χ1n) is 10.4. The Labute approximate surface area is 168 Å². The van der Waals surface area contributed by atoms with Crippen molar-refractivity contribution in [2.75, 3.05) is 26.4 Å². The summed E-state index contributed by atoms with van der Waals surface area (Å²) in [6.07, 6.45) is 1.39. The fraction of sp³-hybridized carbons (Fsp3) is 0.682. The molecule has 6 heteroatoms. The minimum absolute atomic E-state index is 0.0194. The third-order valence-electron chi connectivity index (χ3n) is 6.38. The standard InChI is InChI=1S/C22H34N2O4/c1-6-26-17-11-15-9-10-24(14-16(15)12-18(17)27-7-2)20(25)22(23)13-19(28-8-3)21(22,4)5/h11-12,19H,6-10,13-14,23H2,1-5H3. The summed E-state index contributed by atoms with van der Waals surface area (Å²) in [7, 11) is 0. The third-order valence-corrected chi connectivity index (χ3v) is 6.38. The first-order valence-corrected chi connectivity index (χ1v) is 10.4. The Kier molecular flexibility index (Phi) is 5.92. The predicted octanol–water partition coefficient (Wildman–Crippen LogP) is 2.90. The summed E-state index contributed by atoms with van der Waals surface area (Å²) in [5.41, 5.74) is 7.68. The Morgan fingerprint density at radius 2 is 1.71 bits per heavy atom. The van der Waals surface area contributed by atoms with Gasteiger partial charge in [-0.1, -0.05) is 13.8 Å². The molecule has 0 spiro atoms. The number of carbonyl (C=O) groups is 1. The van der Waals surface area contributed by atoms with Crippen LogP contribution in [0.2, 0.25) is 0 Å². The number of hydrogen-bond acceptors (Lipinski definition) is 5. The highest BCUT2D eigenvalue weighted by Crippen LogP contribution is 2.51. The second-order valence-electron chi connectivity index (χ2n) is 8.25. The van der Waals surface area contributed by atoms with Crippen molar-refractivity contribution in [3.05, 3.63) is 23.3 Å². The summed E-state index contributed by atoms with van der Waals surface area (Å²) in [5, 5.41) is 0. The highest BCUT2D eigenvalue weighted by molar-refractivity contribution is 5.89. The van der Waals surface area contributed by atoms with Gasteiger partial charge in [0.2, 0.25) is 5.91 Å². The fourth-order valence-electron chi connectivity index (χ4n) is 4.35. The summed E-state index contributed by atoms with van der Waals surface area (Å²) < 4.78 is 17.3. The van der Waals surface area contributed by atoms with Gasteiger partial charge in [-0.15, -0.1) is 0 Å². The number of ether oxygens (including phenoxy) is 3. The molecule has 1 heterocycles. The molecule has 2 N–H and O–H groups in total. The number of rotatable bonds is 7. The van der Waals surface area contributed by atoms with Gasteiger partial charge in [-0.05, 0) is 50.5 Å².